The number of benzene rings is 1. The first-order valence-electron chi connectivity index (χ1n) is 6.07. The first-order chi connectivity index (χ1) is 7.91. The van der Waals surface area contributed by atoms with E-state index in [1.54, 1.807) is 0 Å². The van der Waals surface area contributed by atoms with Crippen molar-refractivity contribution in [1.82, 2.24) is 5.32 Å². The maximum absolute atomic E-state index is 12.0. The quantitative estimate of drug-likeness (QED) is 0.787. The Morgan fingerprint density at radius 3 is 2.41 bits per heavy atom. The molecule has 0 heterocycles. The van der Waals surface area contributed by atoms with E-state index in [2.05, 4.69) is 19.2 Å². The van der Waals surface area contributed by atoms with Crippen molar-refractivity contribution < 1.29 is 4.79 Å². The number of nitrogen functional groups attached to an aromatic ring is 1. The molecule has 1 amide bonds. The topological polar surface area (TPSA) is 55.1 Å². The molecule has 94 valence electrons. The monoisotopic (exact) mass is 234 g/mol. The lowest BCUT2D eigenvalue weighted by Gasteiger charge is -2.20. The highest BCUT2D eigenvalue weighted by atomic mass is 16.1. The highest BCUT2D eigenvalue weighted by Gasteiger charge is 2.18. The predicted molar refractivity (Wildman–Crippen MR) is 71.7 cm³/mol. The third kappa shape index (κ3) is 3.77. The molecule has 0 aliphatic carbocycles. The van der Waals surface area contributed by atoms with Crippen LogP contribution in [0.3, 0.4) is 0 Å². The third-order valence-electron chi connectivity index (χ3n) is 3.17. The summed E-state index contributed by atoms with van der Waals surface area (Å²) >= 11 is 0. The van der Waals surface area contributed by atoms with Gasteiger partial charge in [-0.2, -0.15) is 0 Å². The van der Waals surface area contributed by atoms with Gasteiger partial charge >= 0.3 is 0 Å². The summed E-state index contributed by atoms with van der Waals surface area (Å²) in [5.74, 6) is 0.323. The standard InChI is InChI=1S/C14H22N2O/c1-9(2)11(4)16-14(17)10(3)12-6-5-7-13(15)8-12/h5-11H,15H2,1-4H3,(H,16,17). The molecule has 0 saturated heterocycles. The lowest BCUT2D eigenvalue weighted by Crippen LogP contribution is -2.38. The summed E-state index contributed by atoms with van der Waals surface area (Å²) in [5.41, 5.74) is 7.36. The summed E-state index contributed by atoms with van der Waals surface area (Å²) in [5, 5.41) is 3.02. The number of amides is 1. The first kappa shape index (κ1) is 13.6. The minimum absolute atomic E-state index is 0.0526. The molecule has 0 aliphatic rings. The van der Waals surface area contributed by atoms with Gasteiger partial charge in [-0.1, -0.05) is 26.0 Å². The van der Waals surface area contributed by atoms with E-state index in [4.69, 9.17) is 5.73 Å². The van der Waals surface area contributed by atoms with Crippen LogP contribution in [0.15, 0.2) is 24.3 Å². The predicted octanol–water partition coefficient (Wildman–Crippen LogP) is 2.53. The van der Waals surface area contributed by atoms with Gasteiger partial charge in [-0.25, -0.2) is 0 Å². The van der Waals surface area contributed by atoms with Crippen LogP contribution in [0.5, 0.6) is 0 Å². The Balaban J connectivity index is 2.70. The van der Waals surface area contributed by atoms with E-state index in [9.17, 15) is 4.79 Å². The minimum atomic E-state index is -0.167. The second-order valence-electron chi connectivity index (χ2n) is 4.93. The number of nitrogens with one attached hydrogen (secondary N) is 1. The number of hydrogen-bond donors (Lipinski definition) is 2. The number of rotatable bonds is 4. The van der Waals surface area contributed by atoms with Crippen LogP contribution in [-0.4, -0.2) is 11.9 Å². The zero-order valence-electron chi connectivity index (χ0n) is 11.0. The first-order valence-corrected chi connectivity index (χ1v) is 6.07. The average Bonchev–Trinajstić information content (AvgIpc) is 2.27. The highest BCUT2D eigenvalue weighted by molar-refractivity contribution is 5.83. The van der Waals surface area contributed by atoms with E-state index in [-0.39, 0.29) is 17.9 Å². The van der Waals surface area contributed by atoms with Crippen LogP contribution in [0.25, 0.3) is 0 Å². The van der Waals surface area contributed by atoms with Crippen molar-refractivity contribution >= 4 is 11.6 Å². The van der Waals surface area contributed by atoms with E-state index in [0.717, 1.165) is 5.56 Å². The van der Waals surface area contributed by atoms with Gasteiger partial charge in [0.2, 0.25) is 5.91 Å². The Labute approximate surface area is 103 Å². The van der Waals surface area contributed by atoms with Gasteiger partial charge in [-0.3, -0.25) is 4.79 Å². The molecule has 1 aromatic carbocycles. The second kappa shape index (κ2) is 5.71. The van der Waals surface area contributed by atoms with Crippen molar-refractivity contribution in [2.75, 3.05) is 5.73 Å². The van der Waals surface area contributed by atoms with Gasteiger partial charge in [0.15, 0.2) is 0 Å². The van der Waals surface area contributed by atoms with Crippen LogP contribution in [0.4, 0.5) is 5.69 Å². The lowest BCUT2D eigenvalue weighted by atomic mass is 9.98. The zero-order valence-corrected chi connectivity index (χ0v) is 11.0. The summed E-state index contributed by atoms with van der Waals surface area (Å²) in [4.78, 5) is 12.0. The van der Waals surface area contributed by atoms with Gasteiger partial charge in [0, 0.05) is 11.7 Å². The molecule has 17 heavy (non-hydrogen) atoms. The van der Waals surface area contributed by atoms with Gasteiger partial charge in [0.25, 0.3) is 0 Å². The van der Waals surface area contributed by atoms with Crippen molar-refractivity contribution in [3.8, 4) is 0 Å². The molecule has 3 heteroatoms. The maximum Gasteiger partial charge on any atom is 0.227 e. The SMILES string of the molecule is CC(C(=O)NC(C)C(C)C)c1cccc(N)c1. The normalized spacial score (nSPS) is 14.4. The fraction of sp³-hybridized carbons (Fsp3) is 0.500. The van der Waals surface area contributed by atoms with Gasteiger partial charge < -0.3 is 11.1 Å². The fourth-order valence-electron chi connectivity index (χ4n) is 1.50. The molecule has 1 rings (SSSR count). The van der Waals surface area contributed by atoms with Crippen LogP contribution in [-0.2, 0) is 4.79 Å². The molecule has 0 bridgehead atoms. The molecule has 3 nitrogen and oxygen atoms in total. The maximum atomic E-state index is 12.0. The molecule has 2 atom stereocenters. The molecular weight excluding hydrogens is 212 g/mol. The average molecular weight is 234 g/mol. The molecule has 0 aromatic heterocycles. The van der Waals surface area contributed by atoms with Crippen LogP contribution < -0.4 is 11.1 Å². The van der Waals surface area contributed by atoms with Gasteiger partial charge in [-0.05, 0) is 37.5 Å². The Hall–Kier alpha value is -1.51. The summed E-state index contributed by atoms with van der Waals surface area (Å²) in [6.07, 6.45) is 0. The number of carbonyl (C=O) groups excluding carboxylic acids is 1. The van der Waals surface area contributed by atoms with Crippen LogP contribution in [0.2, 0.25) is 0 Å². The van der Waals surface area contributed by atoms with Crippen molar-refractivity contribution in [2.45, 2.75) is 39.7 Å². The van der Waals surface area contributed by atoms with Crippen molar-refractivity contribution in [3.05, 3.63) is 29.8 Å². The molecule has 0 radical (unpaired) electrons. The lowest BCUT2D eigenvalue weighted by molar-refractivity contribution is -0.123. The minimum Gasteiger partial charge on any atom is -0.399 e. The zero-order chi connectivity index (χ0) is 13.0. The largest absolute Gasteiger partial charge is 0.399 e. The Morgan fingerprint density at radius 2 is 1.88 bits per heavy atom. The van der Waals surface area contributed by atoms with Crippen molar-refractivity contribution in [1.29, 1.82) is 0 Å². The summed E-state index contributed by atoms with van der Waals surface area (Å²) in [6, 6.07) is 7.67. The van der Waals surface area contributed by atoms with E-state index < -0.39 is 0 Å². The van der Waals surface area contributed by atoms with Crippen molar-refractivity contribution in [2.24, 2.45) is 5.92 Å². The Kier molecular flexibility index (Phi) is 4.55. The molecule has 0 saturated carbocycles. The Bertz CT molecular complexity index is 388. The van der Waals surface area contributed by atoms with Crippen LogP contribution in [0.1, 0.15) is 39.2 Å². The van der Waals surface area contributed by atoms with Gasteiger partial charge in [-0.15, -0.1) is 0 Å². The molecule has 0 spiro atoms. The summed E-state index contributed by atoms with van der Waals surface area (Å²) in [6.45, 7) is 8.11. The van der Waals surface area contributed by atoms with Crippen LogP contribution >= 0.6 is 0 Å². The van der Waals surface area contributed by atoms with E-state index in [1.165, 1.54) is 0 Å². The fourth-order valence-corrected chi connectivity index (χ4v) is 1.50. The van der Waals surface area contributed by atoms with Gasteiger partial charge in [0.05, 0.1) is 5.92 Å². The number of anilines is 1. The summed E-state index contributed by atoms with van der Waals surface area (Å²) in [7, 11) is 0. The van der Waals surface area contributed by atoms with E-state index in [0.29, 0.717) is 11.6 Å². The molecule has 3 N–H and O–H groups in total. The van der Waals surface area contributed by atoms with Gasteiger partial charge in [0.1, 0.15) is 0 Å². The number of carbonyl (C=O) groups is 1. The highest BCUT2D eigenvalue weighted by Crippen LogP contribution is 2.18. The second-order valence-corrected chi connectivity index (χ2v) is 4.93. The van der Waals surface area contributed by atoms with E-state index in [1.807, 2.05) is 38.1 Å². The third-order valence-corrected chi connectivity index (χ3v) is 3.17. The van der Waals surface area contributed by atoms with Crippen LogP contribution in [0, 0.1) is 5.92 Å². The molecule has 2 unspecified atom stereocenters. The molecule has 1 aromatic rings. The molecule has 0 fully saturated rings. The molecular formula is C14H22N2O. The smallest absolute Gasteiger partial charge is 0.227 e. The Morgan fingerprint density at radius 1 is 1.24 bits per heavy atom. The summed E-state index contributed by atoms with van der Waals surface area (Å²) < 4.78 is 0. The number of nitrogens with two attached hydrogens (primary N) is 1. The van der Waals surface area contributed by atoms with E-state index >= 15 is 0 Å². The number of hydrogen-bond acceptors (Lipinski definition) is 2. The molecule has 0 aliphatic heterocycles. The van der Waals surface area contributed by atoms with Crippen molar-refractivity contribution in [3.63, 3.8) is 0 Å².